The number of non-ortho nitro benzene ring substituents is 1. The summed E-state index contributed by atoms with van der Waals surface area (Å²) in [6, 6.07) is 5.67. The highest BCUT2D eigenvalue weighted by Gasteiger charge is 2.58. The molecule has 4 rings (SSSR count). The van der Waals surface area contributed by atoms with Crippen LogP contribution in [0, 0.1) is 21.4 Å². The zero-order valence-electron chi connectivity index (χ0n) is 15.6. The molecule has 3 fully saturated rings. The summed E-state index contributed by atoms with van der Waals surface area (Å²) in [5.41, 5.74) is 0.642. The van der Waals surface area contributed by atoms with E-state index in [9.17, 15) is 19.7 Å². The van der Waals surface area contributed by atoms with E-state index in [0.29, 0.717) is 31.7 Å². The van der Waals surface area contributed by atoms with E-state index in [-0.39, 0.29) is 41.2 Å². The third-order valence-electron chi connectivity index (χ3n) is 6.29. The quantitative estimate of drug-likeness (QED) is 0.606. The Bertz CT molecular complexity index is 756. The summed E-state index contributed by atoms with van der Waals surface area (Å²) >= 11 is 0. The van der Waals surface area contributed by atoms with Crippen molar-refractivity contribution in [2.45, 2.75) is 19.3 Å². The van der Waals surface area contributed by atoms with Crippen LogP contribution in [-0.2, 0) is 4.79 Å². The van der Waals surface area contributed by atoms with E-state index < -0.39 is 4.92 Å². The second-order valence-electron chi connectivity index (χ2n) is 7.79. The molecule has 2 saturated heterocycles. The van der Waals surface area contributed by atoms with Crippen molar-refractivity contribution in [2.24, 2.45) is 11.3 Å². The molecule has 1 spiro atoms. The maximum Gasteiger partial charge on any atom is 0.269 e. The van der Waals surface area contributed by atoms with Crippen LogP contribution in [0.25, 0.3) is 0 Å². The van der Waals surface area contributed by atoms with Gasteiger partial charge in [-0.25, -0.2) is 0 Å². The van der Waals surface area contributed by atoms with Crippen LogP contribution in [0.3, 0.4) is 0 Å². The van der Waals surface area contributed by atoms with Crippen molar-refractivity contribution in [3.8, 4) is 0 Å². The molecule has 2 aliphatic heterocycles. The largest absolute Gasteiger partial charge is 0.339 e. The maximum atomic E-state index is 12.8. The number of nitro groups is 1. The zero-order chi connectivity index (χ0) is 19.0. The van der Waals surface area contributed by atoms with Crippen molar-refractivity contribution in [1.29, 1.82) is 0 Å². The summed E-state index contributed by atoms with van der Waals surface area (Å²) in [5.74, 6) is 0.272. The summed E-state index contributed by atoms with van der Waals surface area (Å²) in [6.07, 6.45) is 3.18. The van der Waals surface area contributed by atoms with Gasteiger partial charge in [-0.2, -0.15) is 0 Å². The number of piperidine rings is 1. The highest BCUT2D eigenvalue weighted by molar-refractivity contribution is 5.94. The second-order valence-corrected chi connectivity index (χ2v) is 7.79. The molecule has 0 bridgehead atoms. The molecule has 2 heterocycles. The summed E-state index contributed by atoms with van der Waals surface area (Å²) in [7, 11) is 0. The molecule has 0 aromatic heterocycles. The van der Waals surface area contributed by atoms with Crippen LogP contribution in [-0.4, -0.2) is 65.8 Å². The van der Waals surface area contributed by atoms with Crippen LogP contribution in [0.15, 0.2) is 24.3 Å². The first-order chi connectivity index (χ1) is 13.0. The molecular weight excluding hydrogens is 384 g/mol. The molecule has 9 heteroatoms. The number of hydrogen-bond acceptors (Lipinski definition) is 5. The lowest BCUT2D eigenvalue weighted by Crippen LogP contribution is -2.51. The number of nitro benzene ring substituents is 1. The summed E-state index contributed by atoms with van der Waals surface area (Å²) in [6.45, 7) is 4.12. The van der Waals surface area contributed by atoms with Crippen LogP contribution in [0.5, 0.6) is 0 Å². The fourth-order valence-corrected chi connectivity index (χ4v) is 4.43. The van der Waals surface area contributed by atoms with Crippen molar-refractivity contribution in [3.63, 3.8) is 0 Å². The molecule has 0 radical (unpaired) electrons. The van der Waals surface area contributed by atoms with Gasteiger partial charge in [0.2, 0.25) is 5.91 Å². The van der Waals surface area contributed by atoms with E-state index in [1.165, 1.54) is 24.3 Å². The summed E-state index contributed by atoms with van der Waals surface area (Å²) < 4.78 is 0. The number of halogens is 1. The van der Waals surface area contributed by atoms with Crippen LogP contribution < -0.4 is 5.32 Å². The minimum absolute atomic E-state index is 0. The van der Waals surface area contributed by atoms with Crippen LogP contribution in [0.2, 0.25) is 0 Å². The fraction of sp³-hybridized carbons (Fsp3) is 0.579. The number of piperazine rings is 1. The van der Waals surface area contributed by atoms with Gasteiger partial charge in [0.25, 0.3) is 11.6 Å². The summed E-state index contributed by atoms with van der Waals surface area (Å²) in [4.78, 5) is 39.3. The molecule has 1 unspecified atom stereocenters. The zero-order valence-corrected chi connectivity index (χ0v) is 16.5. The number of carbonyl (C=O) groups excluding carboxylic acids is 2. The third kappa shape index (κ3) is 3.84. The highest BCUT2D eigenvalue weighted by atomic mass is 35.5. The Morgan fingerprint density at radius 2 is 1.61 bits per heavy atom. The Balaban J connectivity index is 0.00000225. The predicted octanol–water partition coefficient (Wildman–Crippen LogP) is 1.69. The van der Waals surface area contributed by atoms with Gasteiger partial charge in [-0.3, -0.25) is 19.7 Å². The van der Waals surface area contributed by atoms with E-state index in [1.54, 1.807) is 4.90 Å². The molecule has 8 nitrogen and oxygen atoms in total. The Morgan fingerprint density at radius 3 is 2.18 bits per heavy atom. The van der Waals surface area contributed by atoms with Gasteiger partial charge >= 0.3 is 0 Å². The molecule has 3 aliphatic rings. The number of nitrogens with zero attached hydrogens (tertiary/aromatic N) is 3. The normalized spacial score (nSPS) is 23.1. The van der Waals surface area contributed by atoms with Crippen LogP contribution in [0.1, 0.15) is 29.6 Å². The van der Waals surface area contributed by atoms with Crippen LogP contribution >= 0.6 is 12.4 Å². The smallest absolute Gasteiger partial charge is 0.269 e. The second kappa shape index (κ2) is 8.05. The topological polar surface area (TPSA) is 95.8 Å². The minimum atomic E-state index is -0.480. The number of hydrogen-bond donors (Lipinski definition) is 1. The first-order valence-electron chi connectivity index (χ1n) is 9.53. The Hall–Kier alpha value is -2.19. The highest BCUT2D eigenvalue weighted by Crippen LogP contribution is 2.59. The molecule has 1 atom stereocenters. The monoisotopic (exact) mass is 408 g/mol. The van der Waals surface area contributed by atoms with E-state index in [4.69, 9.17) is 0 Å². The SMILES string of the molecule is Cl.O=C(c1ccc([N+](=O)[O-])cc1)N1CCN(C(=O)C2CC23CCNCC3)CC1. The molecule has 1 saturated carbocycles. The lowest BCUT2D eigenvalue weighted by atomic mass is 9.91. The lowest BCUT2D eigenvalue weighted by Gasteiger charge is -2.35. The molecule has 1 aromatic carbocycles. The first-order valence-corrected chi connectivity index (χ1v) is 9.53. The van der Waals surface area contributed by atoms with Gasteiger partial charge < -0.3 is 15.1 Å². The van der Waals surface area contributed by atoms with E-state index >= 15 is 0 Å². The lowest BCUT2D eigenvalue weighted by molar-refractivity contribution is -0.384. The molecule has 1 aromatic rings. The molecule has 28 heavy (non-hydrogen) atoms. The van der Waals surface area contributed by atoms with Gasteiger partial charge in [-0.1, -0.05) is 0 Å². The van der Waals surface area contributed by atoms with Crippen LogP contribution in [0.4, 0.5) is 5.69 Å². The van der Waals surface area contributed by atoms with Gasteiger partial charge in [-0.15, -0.1) is 12.4 Å². The average Bonchev–Trinajstić information content (AvgIpc) is 3.40. The summed E-state index contributed by atoms with van der Waals surface area (Å²) in [5, 5.41) is 14.1. The van der Waals surface area contributed by atoms with Gasteiger partial charge in [0.05, 0.1) is 4.92 Å². The first kappa shape index (κ1) is 20.5. The molecule has 152 valence electrons. The number of nitrogens with one attached hydrogen (secondary N) is 1. The molecule has 2 amide bonds. The Morgan fingerprint density at radius 1 is 1.04 bits per heavy atom. The van der Waals surface area contributed by atoms with Gasteiger partial charge in [0.1, 0.15) is 0 Å². The van der Waals surface area contributed by atoms with Gasteiger partial charge in [0.15, 0.2) is 0 Å². The molecule has 1 aliphatic carbocycles. The van der Waals surface area contributed by atoms with Gasteiger partial charge in [-0.05, 0) is 49.9 Å². The van der Waals surface area contributed by atoms with Gasteiger partial charge in [0, 0.05) is 49.8 Å². The van der Waals surface area contributed by atoms with E-state index in [0.717, 1.165) is 32.4 Å². The minimum Gasteiger partial charge on any atom is -0.339 e. The van der Waals surface area contributed by atoms with Crippen molar-refractivity contribution in [1.82, 2.24) is 15.1 Å². The molecule has 1 N–H and O–H groups in total. The average molecular weight is 409 g/mol. The Labute approximate surface area is 169 Å². The number of carbonyl (C=O) groups is 2. The third-order valence-corrected chi connectivity index (χ3v) is 6.29. The van der Waals surface area contributed by atoms with Crippen molar-refractivity contribution in [3.05, 3.63) is 39.9 Å². The maximum absolute atomic E-state index is 12.8. The fourth-order valence-electron chi connectivity index (χ4n) is 4.43. The van der Waals surface area contributed by atoms with Crippen molar-refractivity contribution >= 4 is 29.9 Å². The van der Waals surface area contributed by atoms with Crippen molar-refractivity contribution in [2.75, 3.05) is 39.3 Å². The van der Waals surface area contributed by atoms with Crippen molar-refractivity contribution < 1.29 is 14.5 Å². The van der Waals surface area contributed by atoms with E-state index in [2.05, 4.69) is 5.32 Å². The number of rotatable bonds is 3. The molecular formula is C19H25ClN4O4. The predicted molar refractivity (Wildman–Crippen MR) is 105 cm³/mol. The number of amides is 2. The number of benzene rings is 1. The van der Waals surface area contributed by atoms with E-state index in [1.807, 2.05) is 4.90 Å². The standard InChI is InChI=1S/C19H24N4O4.ClH/c24-17(14-1-3-15(4-2-14)23(26)27)21-9-11-22(12-10-21)18(25)16-13-19(16)5-7-20-8-6-19;/h1-4,16,20H,5-13H2;1H. The Kier molecular flexibility index (Phi) is 5.90.